The lowest BCUT2D eigenvalue weighted by molar-refractivity contribution is -0.134. The molecule has 2 aromatic heterocycles. The molecule has 2 heterocycles. The molecule has 3 aromatic rings. The average Bonchev–Trinajstić information content (AvgIpc) is 2.93. The van der Waals surface area contributed by atoms with Crippen LogP contribution in [0.1, 0.15) is 61.8 Å². The van der Waals surface area contributed by atoms with E-state index >= 15 is 0 Å². The van der Waals surface area contributed by atoms with Crippen LogP contribution >= 0.6 is 0 Å². The predicted octanol–water partition coefficient (Wildman–Crippen LogP) is 5.05. The quantitative estimate of drug-likeness (QED) is 0.362. The fraction of sp³-hybridized carbons (Fsp3) is 0.393. The van der Waals surface area contributed by atoms with Gasteiger partial charge in [0.2, 0.25) is 10.0 Å². The zero-order valence-electron chi connectivity index (χ0n) is 21.1. The molecule has 4 rings (SSSR count). The van der Waals surface area contributed by atoms with Gasteiger partial charge in [-0.1, -0.05) is 56.5 Å². The molecule has 9 heteroatoms. The van der Waals surface area contributed by atoms with E-state index in [-0.39, 0.29) is 24.5 Å². The standard InChI is InChI=1S/C28H34N4O4S/c1-21(23-7-3-2-4-8-23)24-14-12-22(13-15-24)19-32(37(35,36)26-10-6-16-29-17-26)20-25-9-5-11-27(31-25)30-18-28(33)34/h5-6,9-17,21,23H,2-4,7-8,18-20H2,1H3,(H,30,31)(H,33,34). The SMILES string of the molecule is CC(c1ccc(CN(Cc2cccc(NCC(=O)O)n2)S(=O)(=O)c2cccnc2)cc1)C1CCCCC1. The molecule has 1 fully saturated rings. The van der Waals surface area contributed by atoms with Gasteiger partial charge in [-0.25, -0.2) is 13.4 Å². The number of nitrogens with one attached hydrogen (secondary N) is 1. The summed E-state index contributed by atoms with van der Waals surface area (Å²) in [7, 11) is -3.86. The summed E-state index contributed by atoms with van der Waals surface area (Å²) >= 11 is 0. The van der Waals surface area contributed by atoms with E-state index in [1.54, 1.807) is 24.3 Å². The highest BCUT2D eigenvalue weighted by Crippen LogP contribution is 2.35. The van der Waals surface area contributed by atoms with Crippen LogP contribution in [0.2, 0.25) is 0 Å². The first kappa shape index (κ1) is 26.8. The highest BCUT2D eigenvalue weighted by molar-refractivity contribution is 7.89. The number of pyridine rings is 2. The van der Waals surface area contributed by atoms with Gasteiger partial charge in [0.1, 0.15) is 17.3 Å². The van der Waals surface area contributed by atoms with Gasteiger partial charge in [-0.2, -0.15) is 4.31 Å². The molecule has 37 heavy (non-hydrogen) atoms. The zero-order chi connectivity index (χ0) is 26.3. The van der Waals surface area contributed by atoms with Crippen LogP contribution in [0.15, 0.2) is 71.9 Å². The number of hydrogen-bond acceptors (Lipinski definition) is 6. The molecule has 2 N–H and O–H groups in total. The number of carboxylic acids is 1. The van der Waals surface area contributed by atoms with E-state index in [2.05, 4.69) is 34.3 Å². The van der Waals surface area contributed by atoms with Gasteiger partial charge >= 0.3 is 5.97 Å². The minimum atomic E-state index is -3.86. The van der Waals surface area contributed by atoms with Crippen molar-refractivity contribution in [3.05, 3.63) is 83.8 Å². The second kappa shape index (κ2) is 12.3. The van der Waals surface area contributed by atoms with Crippen molar-refractivity contribution in [2.24, 2.45) is 5.92 Å². The second-order valence-corrected chi connectivity index (χ2v) is 11.6. The molecule has 1 aromatic carbocycles. The summed E-state index contributed by atoms with van der Waals surface area (Å²) in [6.07, 6.45) is 9.35. The fourth-order valence-corrected chi connectivity index (χ4v) is 6.29. The van der Waals surface area contributed by atoms with Crippen LogP contribution in [-0.4, -0.2) is 40.3 Å². The zero-order valence-corrected chi connectivity index (χ0v) is 21.9. The van der Waals surface area contributed by atoms with Crippen LogP contribution in [0.3, 0.4) is 0 Å². The molecule has 0 bridgehead atoms. The maximum absolute atomic E-state index is 13.6. The van der Waals surface area contributed by atoms with E-state index in [1.165, 1.54) is 60.4 Å². The third-order valence-electron chi connectivity index (χ3n) is 7.06. The Kier molecular flexibility index (Phi) is 8.89. The first-order chi connectivity index (χ1) is 17.8. The first-order valence-corrected chi connectivity index (χ1v) is 14.2. The number of aliphatic carboxylic acids is 1. The summed E-state index contributed by atoms with van der Waals surface area (Å²) in [5, 5.41) is 11.7. The Hall–Kier alpha value is -3.30. The smallest absolute Gasteiger partial charge is 0.322 e. The van der Waals surface area contributed by atoms with Crippen molar-refractivity contribution in [2.75, 3.05) is 11.9 Å². The fourth-order valence-electron chi connectivity index (χ4n) is 4.92. The largest absolute Gasteiger partial charge is 0.480 e. The molecule has 0 radical (unpaired) electrons. The summed E-state index contributed by atoms with van der Waals surface area (Å²) < 4.78 is 28.6. The van der Waals surface area contributed by atoms with Gasteiger partial charge in [-0.15, -0.1) is 0 Å². The Morgan fingerprint density at radius 3 is 2.49 bits per heavy atom. The third kappa shape index (κ3) is 7.14. The minimum Gasteiger partial charge on any atom is -0.480 e. The first-order valence-electron chi connectivity index (χ1n) is 12.7. The molecular weight excluding hydrogens is 488 g/mol. The van der Waals surface area contributed by atoms with Gasteiger partial charge < -0.3 is 10.4 Å². The number of rotatable bonds is 11. The lowest BCUT2D eigenvalue weighted by Gasteiger charge is -2.28. The van der Waals surface area contributed by atoms with E-state index in [0.717, 1.165) is 5.56 Å². The monoisotopic (exact) mass is 522 g/mol. The van der Waals surface area contributed by atoms with Crippen molar-refractivity contribution in [3.63, 3.8) is 0 Å². The van der Waals surface area contributed by atoms with Crippen molar-refractivity contribution in [2.45, 2.75) is 62.9 Å². The van der Waals surface area contributed by atoms with Crippen LogP contribution in [0, 0.1) is 5.92 Å². The Labute approximate surface area is 218 Å². The number of sulfonamides is 1. The normalized spacial score (nSPS) is 15.4. The van der Waals surface area contributed by atoms with E-state index < -0.39 is 16.0 Å². The molecule has 1 unspecified atom stereocenters. The molecule has 1 atom stereocenters. The Bertz CT molecular complexity index is 1280. The highest BCUT2D eigenvalue weighted by Gasteiger charge is 2.26. The topological polar surface area (TPSA) is 112 Å². The summed E-state index contributed by atoms with van der Waals surface area (Å²) in [6, 6.07) is 16.5. The molecule has 1 aliphatic rings. The van der Waals surface area contributed by atoms with Gasteiger partial charge in [0.05, 0.1) is 12.2 Å². The Morgan fingerprint density at radius 1 is 1.05 bits per heavy atom. The van der Waals surface area contributed by atoms with E-state index in [1.807, 2.05) is 12.1 Å². The van der Waals surface area contributed by atoms with Crippen molar-refractivity contribution >= 4 is 21.8 Å². The van der Waals surface area contributed by atoms with E-state index in [9.17, 15) is 13.2 Å². The van der Waals surface area contributed by atoms with Gasteiger partial charge in [-0.3, -0.25) is 9.78 Å². The molecule has 0 saturated heterocycles. The predicted molar refractivity (Wildman–Crippen MR) is 142 cm³/mol. The number of anilines is 1. The maximum atomic E-state index is 13.6. The summed E-state index contributed by atoms with van der Waals surface area (Å²) in [5.74, 6) is 0.555. The summed E-state index contributed by atoms with van der Waals surface area (Å²) in [4.78, 5) is 19.4. The van der Waals surface area contributed by atoms with Crippen LogP contribution in [0.4, 0.5) is 5.82 Å². The van der Waals surface area contributed by atoms with E-state index in [4.69, 9.17) is 5.11 Å². The number of aromatic nitrogens is 2. The van der Waals surface area contributed by atoms with Crippen LogP contribution in [0.25, 0.3) is 0 Å². The molecule has 1 aliphatic carbocycles. The number of carbonyl (C=O) groups is 1. The van der Waals surface area contributed by atoms with Crippen molar-refractivity contribution in [3.8, 4) is 0 Å². The number of benzene rings is 1. The number of carboxylic acid groups (broad SMARTS) is 1. The summed E-state index contributed by atoms with van der Waals surface area (Å²) in [5.41, 5.74) is 2.67. The number of hydrogen-bond donors (Lipinski definition) is 2. The van der Waals surface area contributed by atoms with Crippen LogP contribution in [0.5, 0.6) is 0 Å². The molecule has 0 amide bonds. The highest BCUT2D eigenvalue weighted by atomic mass is 32.2. The van der Waals surface area contributed by atoms with Crippen molar-refractivity contribution < 1.29 is 18.3 Å². The van der Waals surface area contributed by atoms with E-state index in [0.29, 0.717) is 23.3 Å². The molecular formula is C28H34N4O4S. The molecule has 1 saturated carbocycles. The van der Waals surface area contributed by atoms with Crippen molar-refractivity contribution in [1.82, 2.24) is 14.3 Å². The maximum Gasteiger partial charge on any atom is 0.322 e. The van der Waals surface area contributed by atoms with Crippen LogP contribution in [-0.2, 0) is 27.9 Å². The van der Waals surface area contributed by atoms with Gasteiger partial charge in [-0.05, 0) is 60.1 Å². The molecule has 0 spiro atoms. The van der Waals surface area contributed by atoms with Crippen molar-refractivity contribution in [1.29, 1.82) is 0 Å². The third-order valence-corrected chi connectivity index (χ3v) is 8.83. The second-order valence-electron chi connectivity index (χ2n) is 9.65. The Balaban J connectivity index is 1.56. The average molecular weight is 523 g/mol. The molecule has 0 aliphatic heterocycles. The van der Waals surface area contributed by atoms with Crippen LogP contribution < -0.4 is 5.32 Å². The Morgan fingerprint density at radius 2 is 1.81 bits per heavy atom. The lowest BCUT2D eigenvalue weighted by atomic mass is 9.78. The van der Waals surface area contributed by atoms with Gasteiger partial charge in [0.25, 0.3) is 0 Å². The number of nitrogens with zero attached hydrogens (tertiary/aromatic N) is 3. The lowest BCUT2D eigenvalue weighted by Crippen LogP contribution is -2.31. The molecule has 8 nitrogen and oxygen atoms in total. The summed E-state index contributed by atoms with van der Waals surface area (Å²) in [6.45, 7) is 2.21. The van der Waals surface area contributed by atoms with Gasteiger partial charge in [0.15, 0.2) is 0 Å². The minimum absolute atomic E-state index is 0.0278. The molecule has 196 valence electrons. The van der Waals surface area contributed by atoms with Gasteiger partial charge in [0, 0.05) is 18.9 Å².